The standard InChI is InChI=1S/C26H24N2O3.C21H20INO3.C21H21NO3.C18H16N2O4.C6H7N.C4H4INO2.CH3F/c1-18-24(19(2)29)28(21-12-14-22(30-3)15-13-21)25(23-11-7-8-16-27-23)26(18)31-17-20-9-5-4-6-10-20;1-14-19(15(2)24)23(17-9-11-18(25-3)12-10-17)21(22)20(14)26-13-16-7-5-4-6-8-16;1-15-20(25-14-17-7-5-4-6-8-17)13-22(21(15)16(2)23)18-9-11-19(24-3)12-10-18;1-11(21)15-17(22)18(23)16(14-5-3-4-10-19-14)20(15)12-6-8-13(24-2)9-7-12;1-6-4-2-3-5-7-6;5-6-3(7)1-2-4(6)8;1-2/h4-16H,17H2,1-3H3;4-12H,13H2,1-3H3;4-13H,14H2,1-3H3;3-10,22-23H,1-2H3;2-5H,1H3;1-2H2;1H3/i;;;;;;1D. The van der Waals surface area contributed by atoms with Gasteiger partial charge < -0.3 is 52.5 Å². The average molecular weight is 1890 g/mol. The number of aromatic hydroxyl groups is 2. The number of pyridine rings is 3. The zero-order chi connectivity index (χ0) is 89.5. The maximum absolute atomic E-state index is 12.7. The molecule has 2 N–H and O–H groups in total. The Morgan fingerprint density at radius 2 is 0.756 bits per heavy atom. The van der Waals surface area contributed by atoms with Crippen LogP contribution in [0.4, 0.5) is 4.39 Å². The number of aryl methyl sites for hydroxylation is 1. The van der Waals surface area contributed by atoms with Gasteiger partial charge in [0, 0.05) is 104 Å². The summed E-state index contributed by atoms with van der Waals surface area (Å²) in [4.78, 5) is 83.0. The molecule has 123 heavy (non-hydrogen) atoms. The molecule has 0 unspecified atom stereocenters. The molecule has 15 rings (SSSR count). The van der Waals surface area contributed by atoms with Gasteiger partial charge in [-0.05, 0) is 200 Å². The minimum Gasteiger partial charge on any atom is -0.503 e. The number of nitrogens with zero attached hydrogens (tertiary/aromatic N) is 8. The number of halogens is 3. The first kappa shape index (κ1) is 91.8. The molecule has 1 saturated heterocycles. The van der Waals surface area contributed by atoms with E-state index in [1.807, 2.05) is 248 Å². The summed E-state index contributed by atoms with van der Waals surface area (Å²) in [5, 5.41) is 20.6. The Hall–Kier alpha value is -13.5. The zero-order valence-corrected chi connectivity index (χ0v) is 74.4. The van der Waals surface area contributed by atoms with Crippen molar-refractivity contribution in [3.63, 3.8) is 0 Å². The Morgan fingerprint density at radius 1 is 0.415 bits per heavy atom. The van der Waals surface area contributed by atoms with Crippen LogP contribution in [0.5, 0.6) is 51.7 Å². The number of hydrogen-bond donors (Lipinski definition) is 2. The molecule has 7 aromatic carbocycles. The summed E-state index contributed by atoms with van der Waals surface area (Å²) in [6.45, 7) is 15.1. The lowest BCUT2D eigenvalue weighted by Crippen LogP contribution is -2.16. The highest BCUT2D eigenvalue weighted by Gasteiger charge is 2.31. The summed E-state index contributed by atoms with van der Waals surface area (Å²) in [7, 11) is 5.45. The number of ketones is 4. The highest BCUT2D eigenvalue weighted by molar-refractivity contribution is 14.1. The van der Waals surface area contributed by atoms with Crippen molar-refractivity contribution >= 4 is 80.4 Å². The number of Topliss-reactive ketones (excluding diaryl/α,β-unsaturated/α-hetero) is 4. The molecule has 1 fully saturated rings. The van der Waals surface area contributed by atoms with Crippen LogP contribution in [-0.2, 0) is 29.4 Å². The summed E-state index contributed by atoms with van der Waals surface area (Å²) in [5.41, 5.74) is 14.0. The molecule has 1 aliphatic rings. The molecular formula is C97H95FI2N8O15. The maximum Gasteiger partial charge on any atom is 0.238 e. The van der Waals surface area contributed by atoms with Crippen LogP contribution >= 0.6 is 45.5 Å². The van der Waals surface area contributed by atoms with Gasteiger partial charge in [-0.1, -0.05) is 109 Å². The van der Waals surface area contributed by atoms with Crippen molar-refractivity contribution in [2.75, 3.05) is 35.6 Å². The van der Waals surface area contributed by atoms with Crippen molar-refractivity contribution in [1.29, 1.82) is 0 Å². The smallest absolute Gasteiger partial charge is 0.238 e. The monoisotopic (exact) mass is 1890 g/mol. The van der Waals surface area contributed by atoms with Gasteiger partial charge in [-0.25, -0.2) is 3.11 Å². The molecule has 1 aliphatic heterocycles. The summed E-state index contributed by atoms with van der Waals surface area (Å²) in [6.07, 6.45) is 7.75. The van der Waals surface area contributed by atoms with Crippen molar-refractivity contribution in [3.8, 4) is 97.3 Å². The van der Waals surface area contributed by atoms with Crippen LogP contribution < -0.4 is 33.2 Å². The molecule has 0 spiro atoms. The molecule has 2 amide bonds. The second kappa shape index (κ2) is 45.8. The van der Waals surface area contributed by atoms with E-state index in [0.29, 0.717) is 78.4 Å². The van der Waals surface area contributed by atoms with E-state index in [0.717, 1.165) is 97.3 Å². The number of amides is 2. The number of benzene rings is 7. The van der Waals surface area contributed by atoms with Gasteiger partial charge in [-0.3, -0.25) is 57.2 Å². The topological polar surface area (TPSA) is 269 Å². The van der Waals surface area contributed by atoms with Crippen molar-refractivity contribution in [2.24, 2.45) is 0 Å². The molecule has 0 atom stereocenters. The van der Waals surface area contributed by atoms with Crippen LogP contribution in [-0.4, -0.2) is 117 Å². The molecule has 8 heterocycles. The van der Waals surface area contributed by atoms with Gasteiger partial charge in [-0.2, -0.15) is 0 Å². The molecular weight excluding hydrogens is 1790 g/mol. The number of methoxy groups -OCH3 is 4. The second-order valence-corrected chi connectivity index (χ2v) is 29.3. The molecule has 634 valence electrons. The van der Waals surface area contributed by atoms with Crippen LogP contribution in [0.3, 0.4) is 0 Å². The fourth-order valence-corrected chi connectivity index (χ4v) is 14.6. The van der Waals surface area contributed by atoms with E-state index in [2.05, 4.69) is 37.5 Å². The Morgan fingerprint density at radius 3 is 1.11 bits per heavy atom. The molecule has 0 bridgehead atoms. The lowest BCUT2D eigenvalue weighted by atomic mass is 10.1. The first-order chi connectivity index (χ1) is 59.8. The van der Waals surface area contributed by atoms with E-state index in [4.69, 9.17) is 34.5 Å². The van der Waals surface area contributed by atoms with Crippen LogP contribution in [0.2, 0.25) is 0 Å². The average Bonchev–Trinajstić information content (AvgIpc) is 1.62. The van der Waals surface area contributed by atoms with Gasteiger partial charge in [0.05, 0.1) is 94.5 Å². The molecule has 0 saturated carbocycles. The minimum absolute atomic E-state index is 0.00156. The zero-order valence-electron chi connectivity index (χ0n) is 71.1. The second-order valence-electron chi connectivity index (χ2n) is 27.3. The lowest BCUT2D eigenvalue weighted by Gasteiger charge is -2.14. The number of ether oxygens (including phenoxy) is 7. The van der Waals surface area contributed by atoms with E-state index in [-0.39, 0.29) is 52.1 Å². The third-order valence-corrected chi connectivity index (χ3v) is 21.0. The van der Waals surface area contributed by atoms with Gasteiger partial charge >= 0.3 is 0 Å². The Balaban J connectivity index is 0.000000175. The normalized spacial score (nSPS) is 11.1. The Kier molecular flexibility index (Phi) is 34.2. The fourth-order valence-electron chi connectivity index (χ4n) is 13.1. The fraction of sp³-hybridized carbons (Fsp3) is 0.186. The number of aromatic nitrogens is 7. The van der Waals surface area contributed by atoms with Crippen molar-refractivity contribution in [1.82, 2.24) is 36.3 Å². The largest absolute Gasteiger partial charge is 0.503 e. The third kappa shape index (κ3) is 24.0. The van der Waals surface area contributed by atoms with Crippen LogP contribution in [0.25, 0.3) is 45.5 Å². The molecule has 23 nitrogen and oxygen atoms in total. The molecule has 0 radical (unpaired) electrons. The minimum atomic E-state index is -1.00. The van der Waals surface area contributed by atoms with Crippen LogP contribution in [0.1, 0.15) is 123 Å². The van der Waals surface area contributed by atoms with E-state index >= 15 is 0 Å². The van der Waals surface area contributed by atoms with Crippen molar-refractivity contribution in [2.45, 2.75) is 88.1 Å². The van der Waals surface area contributed by atoms with E-state index in [1.165, 1.54) is 11.5 Å². The van der Waals surface area contributed by atoms with Gasteiger partial charge in [0.15, 0.2) is 46.1 Å². The molecule has 26 heteroatoms. The number of rotatable bonds is 23. The summed E-state index contributed by atoms with van der Waals surface area (Å²) >= 11 is 3.96. The first-order valence-electron chi connectivity index (χ1n) is 39.2. The summed E-state index contributed by atoms with van der Waals surface area (Å²) in [6, 6.07) is 76.5. The number of imide groups is 1. The lowest BCUT2D eigenvalue weighted by molar-refractivity contribution is -0.130. The van der Waals surface area contributed by atoms with Crippen LogP contribution in [0, 0.1) is 31.4 Å². The number of carbonyl (C=O) groups is 6. The molecule has 0 aliphatic carbocycles. The van der Waals surface area contributed by atoms with Gasteiger partial charge in [-0.15, -0.1) is 0 Å². The Labute approximate surface area is 743 Å². The summed E-state index contributed by atoms with van der Waals surface area (Å²) in [5.74, 6) is 3.67. The molecule has 7 aromatic heterocycles. The Bertz CT molecular complexity index is 5850. The van der Waals surface area contributed by atoms with Gasteiger partial charge in [0.2, 0.25) is 11.8 Å². The third-order valence-electron chi connectivity index (χ3n) is 19.0. The highest BCUT2D eigenvalue weighted by atomic mass is 127. The number of hydrogen-bond acceptors (Lipinski definition) is 18. The number of alkyl halides is 1. The van der Waals surface area contributed by atoms with Crippen molar-refractivity contribution in [3.05, 3.63) is 333 Å². The predicted octanol–water partition coefficient (Wildman–Crippen LogP) is 21.0. The highest BCUT2D eigenvalue weighted by Crippen LogP contribution is 2.45. The SMILES string of the molecule is COc1ccc(-n2c(C(C)=O)c(C)c(OCc3ccccc3)c2-c2ccccn2)cc1.COc1ccc(-n2c(C(C)=O)c(O)c(O)c2-c2ccccn2)cc1.COc1ccc(-n2c(I)c(OCc3ccccc3)c(C)c2C(C)=O)cc1.COc1ccc(-n2cc(OCc3ccccc3)c(C)c2C(C)=O)cc1.Cc1ccccn1.O=C1CCC(=O)N1I.[2H]CF. The van der Waals surface area contributed by atoms with Gasteiger partial charge in [0.1, 0.15) is 69.4 Å². The van der Waals surface area contributed by atoms with E-state index in [9.17, 15) is 43.4 Å². The summed E-state index contributed by atoms with van der Waals surface area (Å²) < 4.78 is 64.0. The number of carbonyl (C=O) groups excluding carboxylic acids is 6. The van der Waals surface area contributed by atoms with Crippen molar-refractivity contribution < 1.29 is 77.9 Å². The predicted molar refractivity (Wildman–Crippen MR) is 489 cm³/mol. The van der Waals surface area contributed by atoms with E-state index in [1.54, 1.807) is 133 Å². The van der Waals surface area contributed by atoms with E-state index < -0.39 is 12.9 Å². The first-order valence-corrected chi connectivity index (χ1v) is 40.6. The molecule has 14 aromatic rings. The quantitative estimate of drug-likeness (QED) is 0.0261. The maximum atomic E-state index is 12.7. The van der Waals surface area contributed by atoms with Crippen LogP contribution in [0.15, 0.2) is 267 Å². The van der Waals surface area contributed by atoms with Gasteiger partial charge in [0.25, 0.3) is 0 Å².